The van der Waals surface area contributed by atoms with Crippen LogP contribution in [-0.4, -0.2) is 60.4 Å². The number of carbonyl (C=O) groups excluding carboxylic acids is 1. The number of methoxy groups -OCH3 is 1. The molecule has 0 aliphatic carbocycles. The number of benzene rings is 3. The highest BCUT2D eigenvalue weighted by Gasteiger charge is 2.32. The Labute approximate surface area is 229 Å². The molecule has 2 heterocycles. The lowest BCUT2D eigenvalue weighted by Gasteiger charge is -2.23. The van der Waals surface area contributed by atoms with Gasteiger partial charge in [-0.15, -0.1) is 5.10 Å². The van der Waals surface area contributed by atoms with Crippen molar-refractivity contribution >= 4 is 32.7 Å². The third-order valence-corrected chi connectivity index (χ3v) is 9.48. The molecule has 1 aliphatic rings. The van der Waals surface area contributed by atoms with Crippen LogP contribution in [0, 0.1) is 6.92 Å². The summed E-state index contributed by atoms with van der Waals surface area (Å²) in [6, 6.07) is 19.1. The Hall–Kier alpha value is -3.76. The van der Waals surface area contributed by atoms with Crippen molar-refractivity contribution < 1.29 is 17.9 Å². The molecule has 1 unspecified atom stereocenters. The molecule has 0 saturated carbocycles. The Bertz CT molecular complexity index is 1630. The van der Waals surface area contributed by atoms with Crippen LogP contribution in [0.1, 0.15) is 41.5 Å². The lowest BCUT2D eigenvalue weighted by Crippen LogP contribution is -2.34. The number of para-hydroxylation sites is 1. The average molecular weight is 548 g/mol. The first-order chi connectivity index (χ1) is 18.7. The fraction of sp³-hybridized carbons (Fsp3) is 0.345. The van der Waals surface area contributed by atoms with Gasteiger partial charge < -0.3 is 9.64 Å². The highest BCUT2D eigenvalue weighted by molar-refractivity contribution is 7.89. The van der Waals surface area contributed by atoms with Crippen molar-refractivity contribution in [2.75, 3.05) is 31.6 Å². The molecular formula is C29H33N5O4S. The number of aromatic nitrogens is 3. The first kappa shape index (κ1) is 26.8. The minimum absolute atomic E-state index is 0.144. The molecule has 1 aliphatic heterocycles. The predicted molar refractivity (Wildman–Crippen MR) is 150 cm³/mol. The summed E-state index contributed by atoms with van der Waals surface area (Å²) in [6.07, 6.45) is 0.144. The van der Waals surface area contributed by atoms with Crippen LogP contribution in [0.5, 0.6) is 0 Å². The Balaban J connectivity index is 1.52. The van der Waals surface area contributed by atoms with E-state index in [1.165, 1.54) is 7.11 Å². The van der Waals surface area contributed by atoms with Gasteiger partial charge in [0.2, 0.25) is 10.0 Å². The van der Waals surface area contributed by atoms with Gasteiger partial charge in [-0.2, -0.15) is 4.31 Å². The molecule has 0 saturated heterocycles. The van der Waals surface area contributed by atoms with Gasteiger partial charge in [0.15, 0.2) is 0 Å². The summed E-state index contributed by atoms with van der Waals surface area (Å²) in [6.45, 7) is 5.96. The first-order valence-corrected chi connectivity index (χ1v) is 14.5. The van der Waals surface area contributed by atoms with Crippen LogP contribution in [0.3, 0.4) is 0 Å². The Morgan fingerprint density at radius 3 is 2.56 bits per heavy atom. The Morgan fingerprint density at radius 2 is 1.79 bits per heavy atom. The number of fused-ring (bicyclic) bond motifs is 2. The second-order valence-corrected chi connectivity index (χ2v) is 11.8. The van der Waals surface area contributed by atoms with Crippen molar-refractivity contribution in [2.24, 2.45) is 7.05 Å². The summed E-state index contributed by atoms with van der Waals surface area (Å²) < 4.78 is 35.8. The lowest BCUT2D eigenvalue weighted by atomic mass is 9.86. The Kier molecular flexibility index (Phi) is 7.42. The number of aryl methyl sites for hydroxylation is 2. The van der Waals surface area contributed by atoms with Gasteiger partial charge in [-0.25, -0.2) is 13.1 Å². The summed E-state index contributed by atoms with van der Waals surface area (Å²) in [5.41, 5.74) is 6.09. The zero-order chi connectivity index (χ0) is 27.7. The monoisotopic (exact) mass is 547 g/mol. The maximum absolute atomic E-state index is 13.8. The van der Waals surface area contributed by atoms with Crippen molar-refractivity contribution in [3.8, 4) is 0 Å². The van der Waals surface area contributed by atoms with Gasteiger partial charge in [0.1, 0.15) is 10.4 Å². The molecule has 0 spiro atoms. The van der Waals surface area contributed by atoms with Gasteiger partial charge in [-0.3, -0.25) is 4.79 Å². The molecule has 39 heavy (non-hydrogen) atoms. The molecule has 204 valence electrons. The summed E-state index contributed by atoms with van der Waals surface area (Å²) >= 11 is 0. The van der Waals surface area contributed by atoms with Crippen LogP contribution in [-0.2, 0) is 33.1 Å². The molecule has 10 heteroatoms. The molecular weight excluding hydrogens is 514 g/mol. The predicted octanol–water partition coefficient (Wildman–Crippen LogP) is 4.00. The summed E-state index contributed by atoms with van der Waals surface area (Å²) in [5, 5.41) is 8.33. The Morgan fingerprint density at radius 1 is 1.05 bits per heavy atom. The number of likely N-dealkylation sites (N-methyl/N-ethyl adjacent to an activating group) is 1. The molecule has 9 nitrogen and oxygen atoms in total. The van der Waals surface area contributed by atoms with E-state index in [1.807, 2.05) is 69.4 Å². The topological polar surface area (TPSA) is 97.6 Å². The van der Waals surface area contributed by atoms with Gasteiger partial charge in [-0.05, 0) is 60.4 Å². The minimum atomic E-state index is -3.71. The fourth-order valence-corrected chi connectivity index (χ4v) is 6.88. The SMILES string of the molecule is CCN1CCN(Cc2cc(C(CC(=O)OC)c3ccc4c(c3)nnn4C)ccc2C)S(=O)(=O)c2ccccc21. The van der Waals surface area contributed by atoms with Crippen molar-refractivity contribution in [1.29, 1.82) is 0 Å². The molecule has 5 rings (SSSR count). The van der Waals surface area contributed by atoms with E-state index in [1.54, 1.807) is 21.1 Å². The molecule has 0 fully saturated rings. The maximum atomic E-state index is 13.8. The number of rotatable bonds is 7. The van der Waals surface area contributed by atoms with Crippen LogP contribution in [0.25, 0.3) is 11.0 Å². The first-order valence-electron chi connectivity index (χ1n) is 13.0. The third-order valence-electron chi connectivity index (χ3n) is 7.58. The molecule has 0 amide bonds. The number of carbonyl (C=O) groups is 1. The van der Waals surface area contributed by atoms with Crippen LogP contribution in [0.15, 0.2) is 65.6 Å². The number of esters is 1. The zero-order valence-electron chi connectivity index (χ0n) is 22.7. The molecule has 0 N–H and O–H groups in total. The van der Waals surface area contributed by atoms with Crippen LogP contribution < -0.4 is 4.90 Å². The second kappa shape index (κ2) is 10.8. The van der Waals surface area contributed by atoms with Gasteiger partial charge >= 0.3 is 5.97 Å². The van der Waals surface area contributed by atoms with E-state index in [2.05, 4.69) is 15.2 Å². The smallest absolute Gasteiger partial charge is 0.306 e. The molecule has 1 atom stereocenters. The molecule has 0 bridgehead atoms. The van der Waals surface area contributed by atoms with E-state index in [-0.39, 0.29) is 24.9 Å². The zero-order valence-corrected chi connectivity index (χ0v) is 23.5. The van der Waals surface area contributed by atoms with E-state index < -0.39 is 10.0 Å². The van der Waals surface area contributed by atoms with Crippen molar-refractivity contribution in [3.63, 3.8) is 0 Å². The number of ether oxygens (including phenoxy) is 1. The third kappa shape index (κ3) is 5.14. The summed E-state index contributed by atoms with van der Waals surface area (Å²) in [4.78, 5) is 14.9. The molecule has 4 aromatic rings. The van der Waals surface area contributed by atoms with Crippen LogP contribution >= 0.6 is 0 Å². The van der Waals surface area contributed by atoms with E-state index in [4.69, 9.17) is 4.74 Å². The highest BCUT2D eigenvalue weighted by atomic mass is 32.2. The second-order valence-electron chi connectivity index (χ2n) is 9.87. The normalized spacial score (nSPS) is 16.1. The minimum Gasteiger partial charge on any atom is -0.469 e. The van der Waals surface area contributed by atoms with Crippen molar-refractivity contribution in [1.82, 2.24) is 19.3 Å². The molecule has 0 radical (unpaired) electrons. The largest absolute Gasteiger partial charge is 0.469 e. The van der Waals surface area contributed by atoms with Crippen molar-refractivity contribution in [3.05, 3.63) is 82.9 Å². The molecule has 1 aromatic heterocycles. The number of nitrogens with zero attached hydrogens (tertiary/aromatic N) is 5. The number of hydrogen-bond donors (Lipinski definition) is 0. The van der Waals surface area contributed by atoms with Gasteiger partial charge in [0.25, 0.3) is 0 Å². The lowest BCUT2D eigenvalue weighted by molar-refractivity contribution is -0.140. The van der Waals surface area contributed by atoms with Gasteiger partial charge in [0.05, 0.1) is 24.7 Å². The standard InChI is InChI=1S/C29H33N5O4S/c1-5-33-14-15-34(39(36,37)28-9-7-6-8-27(28)33)19-23-16-21(11-10-20(23)2)24(18-29(35)38-4)22-12-13-26-25(17-22)30-31-32(26)3/h6-13,16-17,24H,5,14-15,18-19H2,1-4H3. The summed E-state index contributed by atoms with van der Waals surface area (Å²) in [5.74, 6) is -0.618. The number of sulfonamides is 1. The quantitative estimate of drug-likeness (QED) is 0.323. The maximum Gasteiger partial charge on any atom is 0.306 e. The fourth-order valence-electron chi connectivity index (χ4n) is 5.26. The van der Waals surface area contributed by atoms with Gasteiger partial charge in [-0.1, -0.05) is 41.6 Å². The van der Waals surface area contributed by atoms with Crippen LogP contribution in [0.4, 0.5) is 5.69 Å². The number of anilines is 1. The van der Waals surface area contributed by atoms with Gasteiger partial charge in [0, 0.05) is 39.1 Å². The highest BCUT2D eigenvalue weighted by Crippen LogP contribution is 2.34. The average Bonchev–Trinajstić information content (AvgIpc) is 3.27. The van der Waals surface area contributed by atoms with E-state index in [0.717, 1.165) is 45.5 Å². The van der Waals surface area contributed by atoms with E-state index in [9.17, 15) is 13.2 Å². The van der Waals surface area contributed by atoms with Crippen LogP contribution in [0.2, 0.25) is 0 Å². The molecule has 3 aromatic carbocycles. The number of hydrogen-bond acceptors (Lipinski definition) is 7. The van der Waals surface area contributed by atoms with E-state index >= 15 is 0 Å². The van der Waals surface area contributed by atoms with Crippen molar-refractivity contribution in [2.45, 2.75) is 37.6 Å². The summed E-state index contributed by atoms with van der Waals surface area (Å²) in [7, 11) is -0.490. The van der Waals surface area contributed by atoms with E-state index in [0.29, 0.717) is 18.0 Å².